The first-order valence-electron chi connectivity index (χ1n) is 10.8. The summed E-state index contributed by atoms with van der Waals surface area (Å²) in [5, 5.41) is 7.99. The summed E-state index contributed by atoms with van der Waals surface area (Å²) in [7, 11) is 2.17. The lowest BCUT2D eigenvalue weighted by Gasteiger charge is -2.34. The summed E-state index contributed by atoms with van der Waals surface area (Å²) in [6.07, 6.45) is 3.95. The number of nitrogens with two attached hydrogens (primary N) is 1. The van der Waals surface area contributed by atoms with E-state index in [0.717, 1.165) is 48.5 Å². The Morgan fingerprint density at radius 2 is 1.72 bits per heavy atom. The Balaban J connectivity index is 1.35. The minimum absolute atomic E-state index is 0.497. The minimum Gasteiger partial charge on any atom is -0.382 e. The number of nitrogen functional groups attached to an aromatic ring is 1. The van der Waals surface area contributed by atoms with Crippen LogP contribution in [0.4, 0.5) is 11.5 Å². The van der Waals surface area contributed by atoms with Gasteiger partial charge in [-0.25, -0.2) is 9.50 Å². The van der Waals surface area contributed by atoms with Crippen molar-refractivity contribution < 1.29 is 0 Å². The fraction of sp³-hybridized carbons (Fsp3) is 0.200. The van der Waals surface area contributed by atoms with Gasteiger partial charge in [0.25, 0.3) is 0 Å². The van der Waals surface area contributed by atoms with E-state index in [0.29, 0.717) is 5.82 Å². The average Bonchev–Trinajstić information content (AvgIpc) is 3.39. The molecule has 2 N–H and O–H groups in total. The van der Waals surface area contributed by atoms with E-state index in [4.69, 9.17) is 10.7 Å². The highest BCUT2D eigenvalue weighted by atomic mass is 32.1. The Bertz CT molecular complexity index is 1410. The maximum absolute atomic E-state index is 6.35. The van der Waals surface area contributed by atoms with Gasteiger partial charge in [-0.3, -0.25) is 0 Å². The van der Waals surface area contributed by atoms with E-state index in [-0.39, 0.29) is 0 Å². The molecule has 6 rings (SSSR count). The minimum atomic E-state index is 0.497. The van der Waals surface area contributed by atoms with Crippen molar-refractivity contribution in [3.8, 4) is 22.3 Å². The first kappa shape index (κ1) is 19.3. The number of hydrogen-bond donors (Lipinski definition) is 1. The number of piperazine rings is 1. The van der Waals surface area contributed by atoms with E-state index in [1.807, 2.05) is 12.4 Å². The molecular formula is C25H24N6S. The number of nitrogens with zero attached hydrogens (tertiary/aromatic N) is 5. The van der Waals surface area contributed by atoms with E-state index < -0.39 is 0 Å². The van der Waals surface area contributed by atoms with Gasteiger partial charge in [-0.2, -0.15) is 0 Å². The van der Waals surface area contributed by atoms with E-state index in [1.165, 1.54) is 21.3 Å². The SMILES string of the molecule is CN1CCN(c2ccc(-c3c(N)nn4cc(-c5csc6ccccc56)cnc34)cc2)CC1. The standard InChI is InChI=1S/C25H24N6S/c1-29-10-12-30(13-11-29)19-8-6-17(7-9-19)23-24(26)28-31-15-18(14-27-25(23)31)21-16-32-22-5-3-2-4-20(21)22/h2-9,14-16H,10-13H2,1H3,(H2,26,28). The van der Waals surface area contributed by atoms with Crippen molar-refractivity contribution in [3.05, 3.63) is 66.3 Å². The topological polar surface area (TPSA) is 62.7 Å². The van der Waals surface area contributed by atoms with Crippen LogP contribution in [-0.2, 0) is 0 Å². The quantitative estimate of drug-likeness (QED) is 0.444. The molecule has 1 aliphatic rings. The van der Waals surface area contributed by atoms with Crippen LogP contribution in [0.15, 0.2) is 66.3 Å². The van der Waals surface area contributed by atoms with E-state index in [1.54, 1.807) is 15.9 Å². The van der Waals surface area contributed by atoms with Crippen LogP contribution in [0.25, 0.3) is 38.0 Å². The summed E-state index contributed by atoms with van der Waals surface area (Å²) in [5.41, 5.74) is 12.5. The van der Waals surface area contributed by atoms with Gasteiger partial charge in [-0.1, -0.05) is 30.3 Å². The second kappa shape index (κ2) is 7.62. The van der Waals surface area contributed by atoms with Gasteiger partial charge in [0, 0.05) is 65.5 Å². The van der Waals surface area contributed by atoms with Crippen LogP contribution in [0.1, 0.15) is 0 Å². The number of likely N-dealkylation sites (N-methyl/N-ethyl adjacent to an activating group) is 1. The summed E-state index contributed by atoms with van der Waals surface area (Å²) in [6.45, 7) is 4.29. The molecule has 0 radical (unpaired) electrons. The third-order valence-corrected chi connectivity index (χ3v) is 7.28. The second-order valence-electron chi connectivity index (χ2n) is 8.35. The van der Waals surface area contributed by atoms with Crippen molar-refractivity contribution in [1.82, 2.24) is 19.5 Å². The van der Waals surface area contributed by atoms with Crippen molar-refractivity contribution in [2.45, 2.75) is 0 Å². The van der Waals surface area contributed by atoms with E-state index in [2.05, 4.69) is 75.9 Å². The van der Waals surface area contributed by atoms with Gasteiger partial charge in [0.2, 0.25) is 0 Å². The number of anilines is 2. The molecule has 3 aromatic heterocycles. The number of fused-ring (bicyclic) bond motifs is 2. The summed E-state index contributed by atoms with van der Waals surface area (Å²) in [5.74, 6) is 0.497. The molecule has 0 spiro atoms. The lowest BCUT2D eigenvalue weighted by molar-refractivity contribution is 0.313. The van der Waals surface area contributed by atoms with Crippen molar-refractivity contribution in [2.75, 3.05) is 43.9 Å². The Labute approximate surface area is 190 Å². The Morgan fingerprint density at radius 3 is 2.53 bits per heavy atom. The number of benzene rings is 2. The van der Waals surface area contributed by atoms with Crippen LogP contribution in [0.2, 0.25) is 0 Å². The largest absolute Gasteiger partial charge is 0.382 e. The van der Waals surface area contributed by atoms with Crippen LogP contribution >= 0.6 is 11.3 Å². The number of rotatable bonds is 3. The van der Waals surface area contributed by atoms with Crippen molar-refractivity contribution in [1.29, 1.82) is 0 Å². The molecule has 5 aromatic rings. The molecule has 2 aromatic carbocycles. The Hall–Kier alpha value is -3.42. The molecule has 0 aliphatic carbocycles. The molecule has 4 heterocycles. The molecule has 6 nitrogen and oxygen atoms in total. The van der Waals surface area contributed by atoms with Gasteiger partial charge in [0.05, 0.1) is 5.56 Å². The van der Waals surface area contributed by atoms with E-state index >= 15 is 0 Å². The van der Waals surface area contributed by atoms with Crippen molar-refractivity contribution in [3.63, 3.8) is 0 Å². The zero-order valence-electron chi connectivity index (χ0n) is 17.9. The third kappa shape index (κ3) is 3.21. The van der Waals surface area contributed by atoms with Crippen LogP contribution in [0.3, 0.4) is 0 Å². The lowest BCUT2D eigenvalue weighted by Crippen LogP contribution is -2.44. The van der Waals surface area contributed by atoms with Gasteiger partial charge >= 0.3 is 0 Å². The number of hydrogen-bond acceptors (Lipinski definition) is 6. The molecule has 0 saturated carbocycles. The van der Waals surface area contributed by atoms with Crippen molar-refractivity contribution in [2.24, 2.45) is 0 Å². The zero-order chi connectivity index (χ0) is 21.7. The molecule has 0 bridgehead atoms. The molecule has 0 atom stereocenters. The van der Waals surface area contributed by atoms with Gasteiger partial charge in [0.15, 0.2) is 11.5 Å². The van der Waals surface area contributed by atoms with Gasteiger partial charge in [-0.05, 0) is 36.2 Å². The fourth-order valence-corrected chi connectivity index (χ4v) is 5.44. The highest BCUT2D eigenvalue weighted by Crippen LogP contribution is 2.35. The first-order valence-corrected chi connectivity index (χ1v) is 11.7. The molecule has 0 amide bonds. The molecule has 7 heteroatoms. The highest BCUT2D eigenvalue weighted by Gasteiger charge is 2.17. The fourth-order valence-electron chi connectivity index (χ4n) is 4.47. The highest BCUT2D eigenvalue weighted by molar-refractivity contribution is 7.17. The van der Waals surface area contributed by atoms with Crippen molar-refractivity contribution >= 4 is 38.6 Å². The third-order valence-electron chi connectivity index (χ3n) is 6.32. The molecular weight excluding hydrogens is 416 g/mol. The maximum Gasteiger partial charge on any atom is 0.165 e. The monoisotopic (exact) mass is 440 g/mol. The van der Waals surface area contributed by atoms with Gasteiger partial charge < -0.3 is 15.5 Å². The molecule has 1 fully saturated rings. The predicted molar refractivity (Wildman–Crippen MR) is 133 cm³/mol. The van der Waals surface area contributed by atoms with Crippen LogP contribution in [0, 0.1) is 0 Å². The van der Waals surface area contributed by atoms with Gasteiger partial charge in [-0.15, -0.1) is 16.4 Å². The Kier molecular flexibility index (Phi) is 4.59. The van der Waals surface area contributed by atoms with E-state index in [9.17, 15) is 0 Å². The predicted octanol–water partition coefficient (Wildman–Crippen LogP) is 4.61. The molecule has 1 saturated heterocycles. The lowest BCUT2D eigenvalue weighted by atomic mass is 10.1. The summed E-state index contributed by atoms with van der Waals surface area (Å²) >= 11 is 1.74. The second-order valence-corrected chi connectivity index (χ2v) is 9.27. The van der Waals surface area contributed by atoms with Crippen LogP contribution < -0.4 is 10.6 Å². The molecule has 1 aliphatic heterocycles. The first-order chi connectivity index (χ1) is 15.7. The average molecular weight is 441 g/mol. The molecule has 0 unspecified atom stereocenters. The molecule has 32 heavy (non-hydrogen) atoms. The van der Waals surface area contributed by atoms with Gasteiger partial charge in [0.1, 0.15) is 0 Å². The maximum atomic E-state index is 6.35. The van der Waals surface area contributed by atoms with Crippen LogP contribution in [-0.4, -0.2) is 52.7 Å². The summed E-state index contributed by atoms with van der Waals surface area (Å²) < 4.78 is 3.07. The molecule has 160 valence electrons. The Morgan fingerprint density at radius 1 is 0.938 bits per heavy atom. The zero-order valence-corrected chi connectivity index (χ0v) is 18.7. The number of thiophene rings is 1. The normalized spacial score (nSPS) is 15.1. The number of aromatic nitrogens is 3. The van der Waals surface area contributed by atoms with Crippen LogP contribution in [0.5, 0.6) is 0 Å². The smallest absolute Gasteiger partial charge is 0.165 e. The summed E-state index contributed by atoms with van der Waals surface area (Å²) in [4.78, 5) is 9.56. The summed E-state index contributed by atoms with van der Waals surface area (Å²) in [6, 6.07) is 17.0.